The lowest BCUT2D eigenvalue weighted by molar-refractivity contribution is 1.17. The van der Waals surface area contributed by atoms with Gasteiger partial charge in [-0.1, -0.05) is 176 Å². The van der Waals surface area contributed by atoms with Crippen LogP contribution in [-0.2, 0) is 0 Å². The minimum atomic E-state index is 0.989. The second-order valence-electron chi connectivity index (χ2n) is 15.4. The molecule has 2 heterocycles. The number of hydrogen-bond acceptors (Lipinski definition) is 1. The largest absolute Gasteiger partial charge is 0.309 e. The summed E-state index contributed by atoms with van der Waals surface area (Å²) in [5, 5.41) is 12.3. The quantitative estimate of drug-likeness (QED) is 0.160. The maximum atomic E-state index is 5.02. The molecule has 0 saturated heterocycles. The summed E-state index contributed by atoms with van der Waals surface area (Å²) in [6.07, 6.45) is 1.94. The van der Waals surface area contributed by atoms with Gasteiger partial charge in [0.15, 0.2) is 0 Å². The molecule has 2 heteroatoms. The fourth-order valence-electron chi connectivity index (χ4n) is 9.64. The van der Waals surface area contributed by atoms with E-state index in [1.807, 2.05) is 6.20 Å². The number of pyridine rings is 1. The maximum Gasteiger partial charge on any atom is 0.0802 e. The van der Waals surface area contributed by atoms with E-state index in [9.17, 15) is 0 Å². The number of para-hydroxylation sites is 1. The minimum absolute atomic E-state index is 0.989. The van der Waals surface area contributed by atoms with Crippen molar-refractivity contribution in [3.8, 4) is 50.3 Å². The highest BCUT2D eigenvalue weighted by atomic mass is 15.0. The van der Waals surface area contributed by atoms with Crippen molar-refractivity contribution < 1.29 is 0 Å². The molecule has 274 valence electrons. The molecule has 12 aromatic rings. The van der Waals surface area contributed by atoms with E-state index < -0.39 is 0 Å². The van der Waals surface area contributed by atoms with E-state index in [-0.39, 0.29) is 0 Å². The monoisotopic (exact) mass is 748 g/mol. The van der Waals surface area contributed by atoms with Crippen molar-refractivity contribution in [3.05, 3.63) is 219 Å². The fraction of sp³-hybridized carbons (Fsp3) is 0. The van der Waals surface area contributed by atoms with Gasteiger partial charge in [-0.05, 0) is 113 Å². The third-order valence-electron chi connectivity index (χ3n) is 12.2. The second kappa shape index (κ2) is 13.4. The molecule has 0 amide bonds. The number of hydrogen-bond donors (Lipinski definition) is 0. The van der Waals surface area contributed by atoms with Crippen LogP contribution < -0.4 is 0 Å². The number of fused-ring (bicyclic) bond motifs is 7. The minimum Gasteiger partial charge on any atom is -0.309 e. The van der Waals surface area contributed by atoms with Gasteiger partial charge in [0.1, 0.15) is 0 Å². The summed E-state index contributed by atoms with van der Waals surface area (Å²) in [5.74, 6) is 0. The third-order valence-corrected chi connectivity index (χ3v) is 12.2. The zero-order valence-corrected chi connectivity index (χ0v) is 32.2. The van der Waals surface area contributed by atoms with Crippen LogP contribution in [0.5, 0.6) is 0 Å². The van der Waals surface area contributed by atoms with Crippen molar-refractivity contribution in [2.24, 2.45) is 0 Å². The van der Waals surface area contributed by atoms with Crippen molar-refractivity contribution in [2.75, 3.05) is 0 Å². The predicted molar refractivity (Wildman–Crippen MR) is 250 cm³/mol. The van der Waals surface area contributed by atoms with Crippen molar-refractivity contribution in [2.45, 2.75) is 0 Å². The van der Waals surface area contributed by atoms with Crippen molar-refractivity contribution >= 4 is 64.9 Å². The molecular weight excluding hydrogens is 713 g/mol. The molecule has 59 heavy (non-hydrogen) atoms. The van der Waals surface area contributed by atoms with Crippen LogP contribution in [0.4, 0.5) is 0 Å². The lowest BCUT2D eigenvalue weighted by atomic mass is 9.83. The number of rotatable bonds is 5. The third kappa shape index (κ3) is 5.24. The Kier molecular flexibility index (Phi) is 7.57. The van der Waals surface area contributed by atoms with Crippen LogP contribution in [-0.4, -0.2) is 9.55 Å². The zero-order valence-electron chi connectivity index (χ0n) is 32.2. The molecule has 0 saturated carbocycles. The number of benzene rings is 10. The molecule has 0 radical (unpaired) electrons. The Bertz CT molecular complexity index is 3590. The average Bonchev–Trinajstić information content (AvgIpc) is 3.65. The summed E-state index contributed by atoms with van der Waals surface area (Å²) < 4.78 is 2.38. The Morgan fingerprint density at radius 3 is 1.49 bits per heavy atom. The van der Waals surface area contributed by atoms with Gasteiger partial charge >= 0.3 is 0 Å². The van der Waals surface area contributed by atoms with Gasteiger partial charge in [-0.15, -0.1) is 0 Å². The molecule has 2 nitrogen and oxygen atoms in total. The van der Waals surface area contributed by atoms with Crippen molar-refractivity contribution in [3.63, 3.8) is 0 Å². The molecule has 10 aromatic carbocycles. The van der Waals surface area contributed by atoms with Gasteiger partial charge < -0.3 is 4.57 Å². The van der Waals surface area contributed by atoms with E-state index >= 15 is 0 Å². The summed E-state index contributed by atoms with van der Waals surface area (Å²) in [6, 6.07) is 77.5. The first-order valence-electron chi connectivity index (χ1n) is 20.3. The molecule has 0 aliphatic carbocycles. The van der Waals surface area contributed by atoms with E-state index in [2.05, 4.69) is 217 Å². The van der Waals surface area contributed by atoms with Gasteiger partial charge in [0.2, 0.25) is 0 Å². The van der Waals surface area contributed by atoms with Gasteiger partial charge in [0.25, 0.3) is 0 Å². The van der Waals surface area contributed by atoms with Crippen molar-refractivity contribution in [1.82, 2.24) is 9.55 Å². The molecule has 0 aliphatic rings. The smallest absolute Gasteiger partial charge is 0.0802 e. The lowest BCUT2D eigenvalue weighted by Crippen LogP contribution is -1.94. The van der Waals surface area contributed by atoms with E-state index in [0.29, 0.717) is 0 Å². The van der Waals surface area contributed by atoms with Crippen LogP contribution in [0.15, 0.2) is 219 Å². The molecule has 0 spiro atoms. The van der Waals surface area contributed by atoms with Gasteiger partial charge in [-0.25, -0.2) is 0 Å². The van der Waals surface area contributed by atoms with Crippen molar-refractivity contribution in [1.29, 1.82) is 0 Å². The molecule has 0 atom stereocenters. The molecule has 0 unspecified atom stereocenters. The SMILES string of the molecule is c1ccc(-c2nccc3c2c2cc(-c4ccc5c(-c6cccc7ccccc67)c6ccccc6c(-c6cccc7ccccc67)c5c4)ccc2n3-c2ccccc2)cc1. The summed E-state index contributed by atoms with van der Waals surface area (Å²) in [4.78, 5) is 5.02. The molecule has 0 fully saturated rings. The van der Waals surface area contributed by atoms with E-state index in [4.69, 9.17) is 4.98 Å². The highest BCUT2D eigenvalue weighted by molar-refractivity contribution is 6.26. The summed E-state index contributed by atoms with van der Waals surface area (Å²) >= 11 is 0. The summed E-state index contributed by atoms with van der Waals surface area (Å²) in [6.45, 7) is 0. The van der Waals surface area contributed by atoms with Gasteiger partial charge in [-0.3, -0.25) is 4.98 Å². The van der Waals surface area contributed by atoms with Crippen LogP contribution in [0.25, 0.3) is 115 Å². The Balaban J connectivity index is 1.18. The number of nitrogens with zero attached hydrogens (tertiary/aromatic N) is 2. The van der Waals surface area contributed by atoms with Crippen LogP contribution in [0.1, 0.15) is 0 Å². The highest BCUT2D eigenvalue weighted by Crippen LogP contribution is 2.48. The lowest BCUT2D eigenvalue weighted by Gasteiger charge is -2.20. The molecule has 0 N–H and O–H groups in total. The summed E-state index contributed by atoms with van der Waals surface area (Å²) in [7, 11) is 0. The van der Waals surface area contributed by atoms with Crippen LogP contribution >= 0.6 is 0 Å². The van der Waals surface area contributed by atoms with Crippen LogP contribution in [0, 0.1) is 0 Å². The first kappa shape index (κ1) is 33.3. The average molecular weight is 749 g/mol. The first-order chi connectivity index (χ1) is 29.3. The Hall–Kier alpha value is -7.81. The van der Waals surface area contributed by atoms with Crippen LogP contribution in [0.2, 0.25) is 0 Å². The molecular formula is C57H36N2. The second-order valence-corrected chi connectivity index (χ2v) is 15.4. The zero-order chi connectivity index (χ0) is 38.9. The normalized spacial score (nSPS) is 11.7. The van der Waals surface area contributed by atoms with E-state index in [1.165, 1.54) is 76.3 Å². The Morgan fingerprint density at radius 1 is 0.322 bits per heavy atom. The first-order valence-corrected chi connectivity index (χ1v) is 20.3. The highest BCUT2D eigenvalue weighted by Gasteiger charge is 2.21. The number of aromatic nitrogens is 2. The van der Waals surface area contributed by atoms with Crippen LogP contribution in [0.3, 0.4) is 0 Å². The standard InChI is InChI=1S/C57H36N2/c1-3-17-39(18-4-1)57-56-51-36-41(30-32-52(51)59(53(56)33-34-58-57)42-21-5-2-6-22-42)40-29-31-49-50(35-40)55(46-28-14-20-38-16-8-10-24-44(38)46)48-26-12-11-25-47(48)54(49)45-27-13-19-37-15-7-9-23-43(37)45/h1-36H. The molecule has 2 aromatic heterocycles. The molecule has 12 rings (SSSR count). The van der Waals surface area contributed by atoms with Gasteiger partial charge in [-0.2, -0.15) is 0 Å². The van der Waals surface area contributed by atoms with Gasteiger partial charge in [0, 0.05) is 28.2 Å². The van der Waals surface area contributed by atoms with E-state index in [0.717, 1.165) is 38.9 Å². The molecule has 0 bridgehead atoms. The Morgan fingerprint density at radius 2 is 0.831 bits per heavy atom. The maximum absolute atomic E-state index is 5.02. The fourth-order valence-corrected chi connectivity index (χ4v) is 9.64. The topological polar surface area (TPSA) is 17.8 Å². The summed E-state index contributed by atoms with van der Waals surface area (Å²) in [5.41, 5.74) is 12.9. The van der Waals surface area contributed by atoms with E-state index in [1.54, 1.807) is 0 Å². The van der Waals surface area contributed by atoms with Gasteiger partial charge in [0.05, 0.1) is 16.7 Å². The Labute approximate surface area is 341 Å². The molecule has 0 aliphatic heterocycles. The predicted octanol–water partition coefficient (Wildman–Crippen LogP) is 15.5.